The van der Waals surface area contributed by atoms with Gasteiger partial charge in [-0.25, -0.2) is 0 Å². The second kappa shape index (κ2) is 7.27. The maximum atomic E-state index is 9.56. The van der Waals surface area contributed by atoms with Gasteiger partial charge >= 0.3 is 0 Å². The Kier molecular flexibility index (Phi) is 5.97. The van der Waals surface area contributed by atoms with Gasteiger partial charge in [0.15, 0.2) is 0 Å². The number of hydrogen-bond acceptors (Lipinski definition) is 4. The number of aliphatic hydroxyl groups is 1. The molecular weight excluding hydrogens is 218 g/mol. The first-order chi connectivity index (χ1) is 8.17. The zero-order valence-electron chi connectivity index (χ0n) is 10.4. The van der Waals surface area contributed by atoms with Crippen molar-refractivity contribution in [2.24, 2.45) is 0 Å². The van der Waals surface area contributed by atoms with E-state index in [1.54, 1.807) is 19.2 Å². The molecule has 0 aliphatic rings. The largest absolute Gasteiger partial charge is 0.508 e. The Labute approximate surface area is 102 Å². The summed E-state index contributed by atoms with van der Waals surface area (Å²) in [5.74, 6) is 0.267. The maximum Gasteiger partial charge on any atom is 0.115 e. The van der Waals surface area contributed by atoms with Crippen LogP contribution in [0, 0.1) is 0 Å². The summed E-state index contributed by atoms with van der Waals surface area (Å²) in [5, 5.41) is 22.1. The molecule has 0 aliphatic heterocycles. The first-order valence-electron chi connectivity index (χ1n) is 5.86. The fraction of sp³-hybridized carbons (Fsp3) is 0.538. The molecule has 0 spiro atoms. The first kappa shape index (κ1) is 14.0. The quantitative estimate of drug-likeness (QED) is 0.674. The SMILES string of the molecule is CCC(NCC(O)COC)c1ccc(O)cc1. The van der Waals surface area contributed by atoms with Gasteiger partial charge in [-0.15, -0.1) is 0 Å². The summed E-state index contributed by atoms with van der Waals surface area (Å²) in [6.07, 6.45) is 0.427. The zero-order chi connectivity index (χ0) is 12.7. The fourth-order valence-corrected chi connectivity index (χ4v) is 1.73. The third-order valence-electron chi connectivity index (χ3n) is 2.66. The lowest BCUT2D eigenvalue weighted by atomic mass is 10.0. The molecule has 0 fully saturated rings. The summed E-state index contributed by atoms with van der Waals surface area (Å²) >= 11 is 0. The van der Waals surface area contributed by atoms with Crippen LogP contribution in [0.1, 0.15) is 24.9 Å². The van der Waals surface area contributed by atoms with Gasteiger partial charge in [-0.2, -0.15) is 0 Å². The number of aliphatic hydroxyl groups excluding tert-OH is 1. The van der Waals surface area contributed by atoms with Crippen LogP contribution in [0.25, 0.3) is 0 Å². The Hall–Kier alpha value is -1.10. The molecule has 4 heteroatoms. The van der Waals surface area contributed by atoms with Gasteiger partial charge in [0.1, 0.15) is 5.75 Å². The molecule has 0 radical (unpaired) electrons. The lowest BCUT2D eigenvalue weighted by Crippen LogP contribution is -2.32. The lowest BCUT2D eigenvalue weighted by molar-refractivity contribution is 0.0626. The summed E-state index contributed by atoms with van der Waals surface area (Å²) in [4.78, 5) is 0. The predicted molar refractivity (Wildman–Crippen MR) is 67.0 cm³/mol. The molecule has 0 aromatic heterocycles. The standard InChI is InChI=1S/C13H21NO3/c1-3-13(14-8-12(16)9-17-2)10-4-6-11(15)7-5-10/h4-7,12-16H,3,8-9H2,1-2H3. The van der Waals surface area contributed by atoms with E-state index in [4.69, 9.17) is 4.74 Å². The van der Waals surface area contributed by atoms with Crippen LogP contribution in [0.3, 0.4) is 0 Å². The summed E-state index contributed by atoms with van der Waals surface area (Å²) in [7, 11) is 1.57. The number of nitrogens with one attached hydrogen (secondary N) is 1. The van der Waals surface area contributed by atoms with E-state index in [0.29, 0.717) is 13.2 Å². The number of phenolic OH excluding ortho intramolecular Hbond substituents is 1. The predicted octanol–water partition coefficient (Wildman–Crippen LogP) is 1.44. The Morgan fingerprint density at radius 2 is 1.94 bits per heavy atom. The van der Waals surface area contributed by atoms with Crippen LogP contribution in [0.15, 0.2) is 24.3 Å². The summed E-state index contributed by atoms with van der Waals surface area (Å²) < 4.78 is 4.87. The smallest absolute Gasteiger partial charge is 0.115 e. The molecule has 0 bridgehead atoms. The molecule has 4 nitrogen and oxygen atoms in total. The van der Waals surface area contributed by atoms with Crippen molar-refractivity contribution >= 4 is 0 Å². The Morgan fingerprint density at radius 1 is 1.29 bits per heavy atom. The Balaban J connectivity index is 2.51. The van der Waals surface area contributed by atoms with Crippen molar-refractivity contribution < 1.29 is 14.9 Å². The molecular formula is C13H21NO3. The fourth-order valence-electron chi connectivity index (χ4n) is 1.73. The van der Waals surface area contributed by atoms with E-state index in [1.807, 2.05) is 12.1 Å². The highest BCUT2D eigenvalue weighted by atomic mass is 16.5. The van der Waals surface area contributed by atoms with Gasteiger partial charge in [-0.3, -0.25) is 0 Å². The molecule has 2 unspecified atom stereocenters. The number of phenols is 1. The Bertz CT molecular complexity index is 313. The van der Waals surface area contributed by atoms with Gasteiger partial charge in [-0.1, -0.05) is 19.1 Å². The number of aromatic hydroxyl groups is 1. The van der Waals surface area contributed by atoms with Crippen LogP contribution >= 0.6 is 0 Å². The summed E-state index contributed by atoms with van der Waals surface area (Å²) in [6.45, 7) is 2.90. The van der Waals surface area contributed by atoms with Crippen molar-refractivity contribution in [2.75, 3.05) is 20.3 Å². The molecule has 0 heterocycles. The minimum Gasteiger partial charge on any atom is -0.508 e. The van der Waals surface area contributed by atoms with Crippen molar-refractivity contribution in [3.63, 3.8) is 0 Å². The molecule has 0 saturated heterocycles. The van der Waals surface area contributed by atoms with E-state index < -0.39 is 6.10 Å². The van der Waals surface area contributed by atoms with E-state index in [9.17, 15) is 10.2 Å². The molecule has 17 heavy (non-hydrogen) atoms. The summed E-state index contributed by atoms with van der Waals surface area (Å²) in [6, 6.07) is 7.30. The maximum absolute atomic E-state index is 9.56. The second-order valence-electron chi connectivity index (χ2n) is 4.07. The monoisotopic (exact) mass is 239 g/mol. The molecule has 1 aromatic rings. The van der Waals surface area contributed by atoms with Gasteiger partial charge in [0.05, 0.1) is 12.7 Å². The van der Waals surface area contributed by atoms with Crippen molar-refractivity contribution in [1.29, 1.82) is 0 Å². The lowest BCUT2D eigenvalue weighted by Gasteiger charge is -2.19. The van der Waals surface area contributed by atoms with Gasteiger partial charge < -0.3 is 20.3 Å². The third kappa shape index (κ3) is 4.73. The number of benzene rings is 1. The van der Waals surface area contributed by atoms with Gasteiger partial charge in [0, 0.05) is 19.7 Å². The average Bonchev–Trinajstić information content (AvgIpc) is 2.32. The number of ether oxygens (including phenoxy) is 1. The third-order valence-corrected chi connectivity index (χ3v) is 2.66. The van der Waals surface area contributed by atoms with Crippen molar-refractivity contribution in [2.45, 2.75) is 25.5 Å². The van der Waals surface area contributed by atoms with Crippen LogP contribution in [-0.2, 0) is 4.74 Å². The molecule has 0 aliphatic carbocycles. The normalized spacial score (nSPS) is 14.5. The zero-order valence-corrected chi connectivity index (χ0v) is 10.4. The van der Waals surface area contributed by atoms with Gasteiger partial charge in [0.2, 0.25) is 0 Å². The van der Waals surface area contributed by atoms with E-state index in [2.05, 4.69) is 12.2 Å². The van der Waals surface area contributed by atoms with Crippen LogP contribution in [0.5, 0.6) is 5.75 Å². The van der Waals surface area contributed by atoms with E-state index >= 15 is 0 Å². The Morgan fingerprint density at radius 3 is 2.47 bits per heavy atom. The van der Waals surface area contributed by atoms with Gasteiger partial charge in [0.25, 0.3) is 0 Å². The first-order valence-corrected chi connectivity index (χ1v) is 5.86. The van der Waals surface area contributed by atoms with E-state index in [1.165, 1.54) is 0 Å². The molecule has 1 rings (SSSR count). The highest BCUT2D eigenvalue weighted by molar-refractivity contribution is 5.27. The van der Waals surface area contributed by atoms with E-state index in [-0.39, 0.29) is 11.8 Å². The van der Waals surface area contributed by atoms with E-state index in [0.717, 1.165) is 12.0 Å². The topological polar surface area (TPSA) is 61.7 Å². The number of hydrogen-bond donors (Lipinski definition) is 3. The minimum absolute atomic E-state index is 0.183. The van der Waals surface area contributed by atoms with Gasteiger partial charge in [-0.05, 0) is 24.1 Å². The molecule has 96 valence electrons. The average molecular weight is 239 g/mol. The van der Waals surface area contributed by atoms with Crippen LogP contribution in [-0.4, -0.2) is 36.6 Å². The number of rotatable bonds is 7. The minimum atomic E-state index is -0.494. The van der Waals surface area contributed by atoms with Crippen LogP contribution < -0.4 is 5.32 Å². The highest BCUT2D eigenvalue weighted by Gasteiger charge is 2.11. The molecule has 1 aromatic carbocycles. The highest BCUT2D eigenvalue weighted by Crippen LogP contribution is 2.19. The second-order valence-corrected chi connectivity index (χ2v) is 4.07. The number of methoxy groups -OCH3 is 1. The van der Waals surface area contributed by atoms with Crippen molar-refractivity contribution in [3.8, 4) is 5.75 Å². The van der Waals surface area contributed by atoms with Crippen molar-refractivity contribution in [3.05, 3.63) is 29.8 Å². The molecule has 3 N–H and O–H groups in total. The van der Waals surface area contributed by atoms with Crippen LogP contribution in [0.2, 0.25) is 0 Å². The van der Waals surface area contributed by atoms with Crippen LogP contribution in [0.4, 0.5) is 0 Å². The molecule has 0 amide bonds. The summed E-state index contributed by atoms with van der Waals surface area (Å²) in [5.41, 5.74) is 1.11. The molecule has 2 atom stereocenters. The van der Waals surface area contributed by atoms with Crippen molar-refractivity contribution in [1.82, 2.24) is 5.32 Å². The molecule has 0 saturated carbocycles.